The van der Waals surface area contributed by atoms with Gasteiger partial charge in [0.15, 0.2) is 0 Å². The van der Waals surface area contributed by atoms with Crippen LogP contribution in [0.1, 0.15) is 69.6 Å². The number of carbonyl (C=O) groups is 2. The van der Waals surface area contributed by atoms with E-state index in [0.29, 0.717) is 31.0 Å². The van der Waals surface area contributed by atoms with E-state index >= 15 is 0 Å². The highest BCUT2D eigenvalue weighted by atomic mass is 19.1. The first-order valence-electron chi connectivity index (χ1n) is 12.5. The van der Waals surface area contributed by atoms with Crippen LogP contribution in [-0.4, -0.2) is 52.2 Å². The number of benzene rings is 1. The van der Waals surface area contributed by atoms with Gasteiger partial charge in [0.25, 0.3) is 5.89 Å². The van der Waals surface area contributed by atoms with E-state index in [1.807, 2.05) is 4.90 Å². The summed E-state index contributed by atoms with van der Waals surface area (Å²) in [5.41, 5.74) is 0.302. The van der Waals surface area contributed by atoms with Gasteiger partial charge in [-0.25, -0.2) is 4.39 Å². The third kappa shape index (κ3) is 4.99. The van der Waals surface area contributed by atoms with E-state index in [0.717, 1.165) is 44.9 Å². The molecular weight excluding hydrogens is 437 g/mol. The van der Waals surface area contributed by atoms with E-state index in [-0.39, 0.29) is 47.6 Å². The summed E-state index contributed by atoms with van der Waals surface area (Å²) in [6.07, 6.45) is 7.77. The maximum absolute atomic E-state index is 14.0. The third-order valence-electron chi connectivity index (χ3n) is 7.46. The lowest BCUT2D eigenvalue weighted by Crippen LogP contribution is -2.62. The van der Waals surface area contributed by atoms with Gasteiger partial charge in [0, 0.05) is 31.5 Å². The first-order valence-corrected chi connectivity index (χ1v) is 12.5. The Morgan fingerprint density at radius 2 is 1.91 bits per heavy atom. The van der Waals surface area contributed by atoms with Gasteiger partial charge >= 0.3 is 0 Å². The van der Waals surface area contributed by atoms with Crippen LogP contribution in [0.15, 0.2) is 28.7 Å². The molecule has 2 aromatic rings. The van der Waals surface area contributed by atoms with Crippen LogP contribution < -0.4 is 10.6 Å². The van der Waals surface area contributed by atoms with Crippen LogP contribution in [0.4, 0.5) is 4.39 Å². The Labute approximate surface area is 198 Å². The number of hydrogen-bond acceptors (Lipinski definition) is 6. The van der Waals surface area contributed by atoms with Gasteiger partial charge in [0.05, 0.1) is 17.6 Å². The van der Waals surface area contributed by atoms with Crippen molar-refractivity contribution in [3.63, 3.8) is 0 Å². The van der Waals surface area contributed by atoms with E-state index in [4.69, 9.17) is 4.42 Å². The van der Waals surface area contributed by atoms with Crippen molar-refractivity contribution >= 4 is 11.8 Å². The monoisotopic (exact) mass is 469 g/mol. The van der Waals surface area contributed by atoms with Crippen molar-refractivity contribution in [2.24, 2.45) is 5.92 Å². The zero-order valence-electron chi connectivity index (χ0n) is 19.3. The Kier molecular flexibility index (Phi) is 6.89. The second kappa shape index (κ2) is 10.2. The van der Waals surface area contributed by atoms with Crippen molar-refractivity contribution in [1.82, 2.24) is 25.7 Å². The number of fused-ring (bicyclic) bond motifs is 1. The first kappa shape index (κ1) is 23.0. The second-order valence-corrected chi connectivity index (χ2v) is 9.70. The number of carbonyl (C=O) groups excluding carboxylic acids is 2. The van der Waals surface area contributed by atoms with Gasteiger partial charge < -0.3 is 14.6 Å². The predicted octanol–water partition coefficient (Wildman–Crippen LogP) is 3.36. The molecular formula is C25H32FN5O3. The molecule has 9 heteroatoms. The molecule has 182 valence electrons. The lowest BCUT2D eigenvalue weighted by Gasteiger charge is -2.40. The van der Waals surface area contributed by atoms with Gasteiger partial charge in [0.1, 0.15) is 5.82 Å². The molecule has 8 nitrogen and oxygen atoms in total. The normalized spacial score (nSPS) is 25.6. The largest absolute Gasteiger partial charge is 0.420 e. The summed E-state index contributed by atoms with van der Waals surface area (Å²) >= 11 is 0. The molecule has 0 bridgehead atoms. The molecule has 3 atom stereocenters. The summed E-state index contributed by atoms with van der Waals surface area (Å²) in [6.45, 7) is 1.28. The molecule has 5 rings (SSSR count). The highest BCUT2D eigenvalue weighted by Gasteiger charge is 2.37. The van der Waals surface area contributed by atoms with E-state index in [1.54, 1.807) is 18.2 Å². The van der Waals surface area contributed by atoms with Crippen LogP contribution in [0.3, 0.4) is 0 Å². The van der Waals surface area contributed by atoms with Crippen LogP contribution in [0.2, 0.25) is 0 Å². The van der Waals surface area contributed by atoms with Crippen LogP contribution >= 0.6 is 0 Å². The Morgan fingerprint density at radius 1 is 1.12 bits per heavy atom. The number of nitrogens with zero attached hydrogens (tertiary/aromatic N) is 3. The number of hydrogen-bond donors (Lipinski definition) is 2. The molecule has 3 unspecified atom stereocenters. The van der Waals surface area contributed by atoms with Crippen molar-refractivity contribution in [1.29, 1.82) is 0 Å². The number of aromatic nitrogens is 2. The second-order valence-electron chi connectivity index (χ2n) is 9.70. The minimum Gasteiger partial charge on any atom is -0.420 e. The van der Waals surface area contributed by atoms with Gasteiger partial charge in [-0.05, 0) is 50.7 Å². The Balaban J connectivity index is 1.06. The number of amides is 2. The lowest BCUT2D eigenvalue weighted by atomic mass is 9.82. The molecule has 3 aliphatic rings. The van der Waals surface area contributed by atoms with Gasteiger partial charge in [-0.2, -0.15) is 0 Å². The molecule has 2 amide bonds. The fraction of sp³-hybridized carbons (Fsp3) is 0.600. The number of piperidine rings is 1. The molecule has 34 heavy (non-hydrogen) atoms. The smallest absolute Gasteiger partial charge is 0.250 e. The highest BCUT2D eigenvalue weighted by Crippen LogP contribution is 2.31. The molecule has 3 fully saturated rings. The maximum Gasteiger partial charge on any atom is 0.250 e. The maximum atomic E-state index is 14.0. The van der Waals surface area contributed by atoms with Gasteiger partial charge in [-0.1, -0.05) is 25.0 Å². The van der Waals surface area contributed by atoms with Crippen LogP contribution in [-0.2, 0) is 9.59 Å². The number of likely N-dealkylation sites (tertiary alicyclic amines) is 1. The summed E-state index contributed by atoms with van der Waals surface area (Å²) in [4.78, 5) is 27.0. The fourth-order valence-corrected chi connectivity index (χ4v) is 5.51. The predicted molar refractivity (Wildman–Crippen MR) is 123 cm³/mol. The average molecular weight is 470 g/mol. The summed E-state index contributed by atoms with van der Waals surface area (Å²) < 4.78 is 19.7. The minimum absolute atomic E-state index is 0.0356. The molecule has 1 aromatic carbocycles. The van der Waals surface area contributed by atoms with Crippen molar-refractivity contribution < 1.29 is 18.4 Å². The summed E-state index contributed by atoms with van der Waals surface area (Å²) in [7, 11) is 0. The molecule has 3 heterocycles. The molecule has 2 aliphatic heterocycles. The molecule has 0 spiro atoms. The molecule has 1 saturated carbocycles. The Bertz CT molecular complexity index is 1020. The van der Waals surface area contributed by atoms with E-state index in [2.05, 4.69) is 20.8 Å². The van der Waals surface area contributed by atoms with Crippen molar-refractivity contribution in [2.75, 3.05) is 13.1 Å². The summed E-state index contributed by atoms with van der Waals surface area (Å²) in [5, 5.41) is 14.8. The van der Waals surface area contributed by atoms with Crippen LogP contribution in [0.5, 0.6) is 0 Å². The van der Waals surface area contributed by atoms with Gasteiger partial charge in [-0.15, -0.1) is 10.2 Å². The standard InChI is InChI=1S/C25H32FN5O3/c26-19-8-3-1-6-17(19)25-30-29-24(34-25)16-12-14-31(15-13-16)22(32)11-5-10-21-27-20-9-4-2-7-18(20)23(33)28-21/h1,3,6,8,16,18,20-21,27H,2,4-5,7,9-15H2,(H,28,33). The van der Waals surface area contributed by atoms with Crippen molar-refractivity contribution in [2.45, 2.75) is 75.9 Å². The zero-order chi connectivity index (χ0) is 23.5. The summed E-state index contributed by atoms with van der Waals surface area (Å²) in [6, 6.07) is 6.63. The number of nitrogens with one attached hydrogen (secondary N) is 2. The Morgan fingerprint density at radius 3 is 2.74 bits per heavy atom. The number of halogens is 1. The lowest BCUT2D eigenvalue weighted by molar-refractivity contribution is -0.132. The molecule has 0 radical (unpaired) electrons. The van der Waals surface area contributed by atoms with E-state index in [1.165, 1.54) is 12.5 Å². The highest BCUT2D eigenvalue weighted by molar-refractivity contribution is 5.80. The molecule has 2 N–H and O–H groups in total. The Hall–Kier alpha value is -2.81. The topological polar surface area (TPSA) is 100 Å². The van der Waals surface area contributed by atoms with Gasteiger partial charge in [0.2, 0.25) is 17.7 Å². The van der Waals surface area contributed by atoms with Crippen LogP contribution in [0, 0.1) is 11.7 Å². The molecule has 1 aliphatic carbocycles. The summed E-state index contributed by atoms with van der Waals surface area (Å²) in [5.74, 6) is 0.797. The first-order chi connectivity index (χ1) is 16.6. The minimum atomic E-state index is -0.389. The number of rotatable bonds is 6. The quantitative estimate of drug-likeness (QED) is 0.673. The van der Waals surface area contributed by atoms with Crippen molar-refractivity contribution in [3.8, 4) is 11.5 Å². The fourth-order valence-electron chi connectivity index (χ4n) is 5.51. The van der Waals surface area contributed by atoms with E-state index < -0.39 is 0 Å². The van der Waals surface area contributed by atoms with Gasteiger partial charge in [-0.3, -0.25) is 14.9 Å². The molecule has 1 aromatic heterocycles. The average Bonchev–Trinajstić information content (AvgIpc) is 3.34. The van der Waals surface area contributed by atoms with Crippen LogP contribution in [0.25, 0.3) is 11.5 Å². The molecule has 2 saturated heterocycles. The SMILES string of the molecule is O=C1NC(CCCC(=O)N2CCC(c3nnc(-c4ccccc4F)o3)CC2)NC2CCCCC12. The van der Waals surface area contributed by atoms with E-state index in [9.17, 15) is 14.0 Å². The zero-order valence-corrected chi connectivity index (χ0v) is 19.3. The van der Waals surface area contributed by atoms with Crippen molar-refractivity contribution in [3.05, 3.63) is 36.0 Å². The third-order valence-corrected chi connectivity index (χ3v) is 7.46.